The number of benzene rings is 1. The number of likely N-dealkylation sites (tertiary alicyclic amines) is 1. The summed E-state index contributed by atoms with van der Waals surface area (Å²) in [5.41, 5.74) is 1.56. The number of piperidine rings is 1. The molecular formula is C22H28FN3O2. The van der Waals surface area contributed by atoms with Gasteiger partial charge >= 0.3 is 0 Å². The third kappa shape index (κ3) is 3.70. The third-order valence-corrected chi connectivity index (χ3v) is 6.36. The zero-order valence-corrected chi connectivity index (χ0v) is 16.5. The molecule has 1 N–H and O–H groups in total. The van der Waals surface area contributed by atoms with Crippen molar-refractivity contribution in [3.63, 3.8) is 0 Å². The summed E-state index contributed by atoms with van der Waals surface area (Å²) in [5.74, 6) is 0.558. The van der Waals surface area contributed by atoms with Gasteiger partial charge in [0.15, 0.2) is 0 Å². The summed E-state index contributed by atoms with van der Waals surface area (Å²) in [6.07, 6.45) is 4.65. The maximum Gasteiger partial charge on any atom is 0.271 e. The highest BCUT2D eigenvalue weighted by Gasteiger charge is 2.46. The number of aromatic nitrogens is 2. The second-order valence-electron chi connectivity index (χ2n) is 8.70. The Morgan fingerprint density at radius 1 is 1.32 bits per heavy atom. The molecule has 0 aliphatic carbocycles. The molecule has 0 bridgehead atoms. The van der Waals surface area contributed by atoms with E-state index in [1.807, 2.05) is 17.0 Å². The molecule has 2 aliphatic rings. The number of hydrogen-bond donors (Lipinski definition) is 1. The number of ether oxygens (including phenoxy) is 1. The molecule has 3 atom stereocenters. The normalized spacial score (nSPS) is 28.1. The highest BCUT2D eigenvalue weighted by molar-refractivity contribution is 5.92. The van der Waals surface area contributed by atoms with E-state index in [-0.39, 0.29) is 23.2 Å². The third-order valence-electron chi connectivity index (χ3n) is 6.36. The van der Waals surface area contributed by atoms with E-state index in [9.17, 15) is 9.18 Å². The van der Waals surface area contributed by atoms with Gasteiger partial charge in [-0.15, -0.1) is 0 Å². The lowest BCUT2D eigenvalue weighted by Gasteiger charge is -2.50. The average Bonchev–Trinajstić information content (AvgIpc) is 3.23. The fourth-order valence-electron chi connectivity index (χ4n) is 4.85. The lowest BCUT2D eigenvalue weighted by molar-refractivity contribution is -0.130. The summed E-state index contributed by atoms with van der Waals surface area (Å²) in [5, 5.41) is 6.69. The van der Waals surface area contributed by atoms with Crippen LogP contribution in [0.2, 0.25) is 0 Å². The zero-order chi connectivity index (χ0) is 19.7. The maximum absolute atomic E-state index is 13.3. The summed E-state index contributed by atoms with van der Waals surface area (Å²) in [6, 6.07) is 8.41. The minimum Gasteiger partial charge on any atom is -0.373 e. The van der Waals surface area contributed by atoms with Crippen LogP contribution in [-0.2, 0) is 4.74 Å². The van der Waals surface area contributed by atoms with Crippen molar-refractivity contribution in [1.29, 1.82) is 0 Å². The first-order chi connectivity index (χ1) is 13.5. The second kappa shape index (κ2) is 7.66. The molecule has 1 aromatic heterocycles. The fourth-order valence-corrected chi connectivity index (χ4v) is 4.85. The quantitative estimate of drug-likeness (QED) is 0.861. The van der Waals surface area contributed by atoms with Crippen molar-refractivity contribution in [3.8, 4) is 0 Å². The van der Waals surface area contributed by atoms with Crippen molar-refractivity contribution in [2.24, 2.45) is 17.3 Å². The Bertz CT molecular complexity index is 806. The summed E-state index contributed by atoms with van der Waals surface area (Å²) in [6.45, 7) is 6.56. The monoisotopic (exact) mass is 385 g/mol. The molecule has 1 aromatic carbocycles. The molecule has 1 spiro atoms. The predicted molar refractivity (Wildman–Crippen MR) is 104 cm³/mol. The molecule has 4 rings (SSSR count). The standard InChI is InChI=1S/C22H28FN3O2/c1-15(2)18-12-22(14-28-20(18)16-4-6-17(23)7-5-16)9-3-11-26(13-22)21(27)19-8-10-24-25-19/h4-8,10,15,18,20H,3,9,11-14H2,1-2H3,(H,24,25)/t18-,20-,22+/m0/s1. The van der Waals surface area contributed by atoms with Gasteiger partial charge < -0.3 is 9.64 Å². The molecule has 2 aromatic rings. The Morgan fingerprint density at radius 2 is 2.11 bits per heavy atom. The molecular weight excluding hydrogens is 357 g/mol. The smallest absolute Gasteiger partial charge is 0.271 e. The van der Waals surface area contributed by atoms with Gasteiger partial charge in [-0.2, -0.15) is 5.10 Å². The largest absolute Gasteiger partial charge is 0.373 e. The second-order valence-corrected chi connectivity index (χ2v) is 8.70. The summed E-state index contributed by atoms with van der Waals surface area (Å²) in [4.78, 5) is 14.7. The van der Waals surface area contributed by atoms with E-state index in [2.05, 4.69) is 24.0 Å². The number of amides is 1. The van der Waals surface area contributed by atoms with Gasteiger partial charge in [0.25, 0.3) is 5.91 Å². The molecule has 2 aliphatic heterocycles. The Kier molecular flexibility index (Phi) is 5.23. The van der Waals surface area contributed by atoms with E-state index >= 15 is 0 Å². The number of rotatable bonds is 3. The van der Waals surface area contributed by atoms with Gasteiger partial charge in [-0.3, -0.25) is 9.89 Å². The number of carbonyl (C=O) groups is 1. The highest BCUT2D eigenvalue weighted by Crippen LogP contribution is 2.48. The number of carbonyl (C=O) groups excluding carboxylic acids is 1. The molecule has 0 radical (unpaired) electrons. The number of nitrogens with one attached hydrogen (secondary N) is 1. The van der Waals surface area contributed by atoms with Crippen molar-refractivity contribution in [1.82, 2.24) is 15.1 Å². The summed E-state index contributed by atoms with van der Waals surface area (Å²) in [7, 11) is 0. The minimum atomic E-state index is -0.225. The van der Waals surface area contributed by atoms with Crippen LogP contribution in [0.5, 0.6) is 0 Å². The number of H-pyrrole nitrogens is 1. The van der Waals surface area contributed by atoms with Crippen LogP contribution in [0, 0.1) is 23.1 Å². The molecule has 2 fully saturated rings. The van der Waals surface area contributed by atoms with Gasteiger partial charge in [-0.1, -0.05) is 26.0 Å². The first-order valence-electron chi connectivity index (χ1n) is 10.1. The van der Waals surface area contributed by atoms with Gasteiger partial charge in [0.2, 0.25) is 0 Å². The zero-order valence-electron chi connectivity index (χ0n) is 16.5. The van der Waals surface area contributed by atoms with Crippen LogP contribution in [0.1, 0.15) is 55.3 Å². The Balaban J connectivity index is 1.52. The predicted octanol–water partition coefficient (Wildman–Crippen LogP) is 4.21. The van der Waals surface area contributed by atoms with Crippen LogP contribution in [0.15, 0.2) is 36.5 Å². The van der Waals surface area contributed by atoms with Crippen LogP contribution >= 0.6 is 0 Å². The van der Waals surface area contributed by atoms with Crippen LogP contribution < -0.4 is 0 Å². The van der Waals surface area contributed by atoms with Gasteiger partial charge in [0.05, 0.1) is 12.7 Å². The van der Waals surface area contributed by atoms with Gasteiger partial charge in [-0.05, 0) is 54.9 Å². The van der Waals surface area contributed by atoms with Crippen LogP contribution in [0.4, 0.5) is 4.39 Å². The Hall–Kier alpha value is -2.21. The van der Waals surface area contributed by atoms with Crippen molar-refractivity contribution in [2.45, 2.75) is 39.2 Å². The van der Waals surface area contributed by atoms with E-state index in [1.54, 1.807) is 12.3 Å². The van der Waals surface area contributed by atoms with Crippen LogP contribution in [0.3, 0.4) is 0 Å². The molecule has 150 valence electrons. The topological polar surface area (TPSA) is 58.2 Å². The first kappa shape index (κ1) is 19.1. The lowest BCUT2D eigenvalue weighted by atomic mass is 9.67. The molecule has 5 nitrogen and oxygen atoms in total. The van der Waals surface area contributed by atoms with Crippen molar-refractivity contribution in [2.75, 3.05) is 19.7 Å². The molecule has 0 unspecified atom stereocenters. The van der Waals surface area contributed by atoms with E-state index in [0.717, 1.165) is 31.4 Å². The lowest BCUT2D eigenvalue weighted by Crippen LogP contribution is -2.52. The average molecular weight is 385 g/mol. The minimum absolute atomic E-state index is 0.0123. The SMILES string of the molecule is CC(C)[C@@H]1C[C@@]2(CCCN(C(=O)c3ccn[nH]3)C2)CO[C@H]1c1ccc(F)cc1. The van der Waals surface area contributed by atoms with Crippen molar-refractivity contribution in [3.05, 3.63) is 53.6 Å². The van der Waals surface area contributed by atoms with Gasteiger partial charge in [0.1, 0.15) is 11.5 Å². The van der Waals surface area contributed by atoms with Gasteiger partial charge in [-0.25, -0.2) is 4.39 Å². The van der Waals surface area contributed by atoms with Crippen LogP contribution in [0.25, 0.3) is 0 Å². The van der Waals surface area contributed by atoms with Gasteiger partial charge in [0, 0.05) is 24.7 Å². The van der Waals surface area contributed by atoms with E-state index in [1.165, 1.54) is 12.1 Å². The van der Waals surface area contributed by atoms with Crippen molar-refractivity contribution < 1.29 is 13.9 Å². The number of halogens is 1. The number of aromatic amines is 1. The maximum atomic E-state index is 13.3. The van der Waals surface area contributed by atoms with Crippen molar-refractivity contribution >= 4 is 5.91 Å². The molecule has 1 amide bonds. The first-order valence-corrected chi connectivity index (χ1v) is 10.1. The number of hydrogen-bond acceptors (Lipinski definition) is 3. The molecule has 28 heavy (non-hydrogen) atoms. The van der Waals surface area contributed by atoms with E-state index in [4.69, 9.17) is 4.74 Å². The Labute approximate surface area is 165 Å². The molecule has 6 heteroatoms. The summed E-state index contributed by atoms with van der Waals surface area (Å²) < 4.78 is 19.8. The van der Waals surface area contributed by atoms with E-state index in [0.29, 0.717) is 30.7 Å². The number of nitrogens with zero attached hydrogens (tertiary/aromatic N) is 2. The molecule has 0 saturated carbocycles. The fraction of sp³-hybridized carbons (Fsp3) is 0.545. The highest BCUT2D eigenvalue weighted by atomic mass is 19.1. The molecule has 2 saturated heterocycles. The molecule has 3 heterocycles. The summed E-state index contributed by atoms with van der Waals surface area (Å²) >= 11 is 0. The Morgan fingerprint density at radius 3 is 2.79 bits per heavy atom. The van der Waals surface area contributed by atoms with Crippen LogP contribution in [-0.4, -0.2) is 40.7 Å². The van der Waals surface area contributed by atoms with E-state index < -0.39 is 0 Å².